The number of aliphatic hydroxyl groups excluding tert-OH is 1. The molecule has 0 rings (SSSR count). The Morgan fingerprint density at radius 2 is 1.47 bits per heavy atom. The molecule has 0 bridgehead atoms. The Balaban J connectivity index is 5.41. The molecule has 0 aliphatic rings. The van der Waals surface area contributed by atoms with Gasteiger partial charge in [0.2, 0.25) is 23.6 Å². The number of primary amides is 1. The summed E-state index contributed by atoms with van der Waals surface area (Å²) in [6.45, 7) is 1.19. The molecular formula is C17H29N5O9S. The minimum atomic E-state index is -1.73. The van der Waals surface area contributed by atoms with Crippen molar-refractivity contribution in [2.24, 2.45) is 11.5 Å². The van der Waals surface area contributed by atoms with Crippen molar-refractivity contribution in [3.63, 3.8) is 0 Å². The smallest absolute Gasteiger partial charge is 0.326 e. The lowest BCUT2D eigenvalue weighted by atomic mass is 10.1. The Morgan fingerprint density at radius 1 is 0.906 bits per heavy atom. The van der Waals surface area contributed by atoms with E-state index in [2.05, 4.69) is 10.6 Å². The SMILES string of the molecule is CSCCC(NC(=O)C(NC(=O)C(N)CC(N)=O)C(C)O)C(=O)NC(CC(=O)O)C(=O)O. The number of aliphatic hydroxyl groups is 1. The third kappa shape index (κ3) is 10.9. The van der Waals surface area contributed by atoms with Crippen LogP contribution < -0.4 is 27.4 Å². The number of thioether (sulfide) groups is 1. The van der Waals surface area contributed by atoms with Crippen LogP contribution in [-0.4, -0.2) is 93.2 Å². The van der Waals surface area contributed by atoms with Gasteiger partial charge in [-0.15, -0.1) is 0 Å². The van der Waals surface area contributed by atoms with Gasteiger partial charge in [0.25, 0.3) is 0 Å². The zero-order valence-corrected chi connectivity index (χ0v) is 18.4. The Bertz CT molecular complexity index is 719. The largest absolute Gasteiger partial charge is 0.481 e. The minimum Gasteiger partial charge on any atom is -0.481 e. The van der Waals surface area contributed by atoms with Gasteiger partial charge in [-0.05, 0) is 25.4 Å². The van der Waals surface area contributed by atoms with Crippen molar-refractivity contribution in [1.29, 1.82) is 0 Å². The molecule has 0 spiro atoms. The van der Waals surface area contributed by atoms with Gasteiger partial charge < -0.3 is 42.7 Å². The molecule has 0 saturated heterocycles. The molecule has 0 aromatic heterocycles. The summed E-state index contributed by atoms with van der Waals surface area (Å²) >= 11 is 1.32. The quantitative estimate of drug-likeness (QED) is 0.114. The summed E-state index contributed by atoms with van der Waals surface area (Å²) in [7, 11) is 0. The van der Waals surface area contributed by atoms with Crippen LogP contribution in [0.2, 0.25) is 0 Å². The van der Waals surface area contributed by atoms with Gasteiger partial charge in [0.15, 0.2) is 0 Å². The van der Waals surface area contributed by atoms with Gasteiger partial charge in [0, 0.05) is 0 Å². The first-order valence-electron chi connectivity index (χ1n) is 9.36. The fourth-order valence-corrected chi connectivity index (χ4v) is 2.86. The third-order valence-electron chi connectivity index (χ3n) is 4.06. The molecule has 0 aromatic rings. The maximum Gasteiger partial charge on any atom is 0.326 e. The van der Waals surface area contributed by atoms with Gasteiger partial charge in [-0.1, -0.05) is 0 Å². The van der Waals surface area contributed by atoms with Crippen LogP contribution in [0.3, 0.4) is 0 Å². The molecular weight excluding hydrogens is 450 g/mol. The Labute approximate surface area is 187 Å². The van der Waals surface area contributed by atoms with Gasteiger partial charge in [0.05, 0.1) is 25.0 Å². The first-order valence-corrected chi connectivity index (χ1v) is 10.8. The second-order valence-electron chi connectivity index (χ2n) is 6.84. The average Bonchev–Trinajstić information content (AvgIpc) is 2.66. The molecule has 0 aromatic carbocycles. The van der Waals surface area contributed by atoms with Crippen LogP contribution in [0.1, 0.15) is 26.2 Å². The molecule has 0 saturated carbocycles. The number of carbonyl (C=O) groups is 6. The minimum absolute atomic E-state index is 0.0415. The number of carbonyl (C=O) groups excluding carboxylic acids is 4. The maximum absolute atomic E-state index is 12.6. The lowest BCUT2D eigenvalue weighted by molar-refractivity contribution is -0.147. The second kappa shape index (κ2) is 14.2. The van der Waals surface area contributed by atoms with E-state index in [0.29, 0.717) is 5.75 Å². The van der Waals surface area contributed by atoms with E-state index in [4.69, 9.17) is 21.7 Å². The molecule has 10 N–H and O–H groups in total. The van der Waals surface area contributed by atoms with Crippen LogP contribution in [-0.2, 0) is 28.8 Å². The van der Waals surface area contributed by atoms with Crippen LogP contribution in [0.4, 0.5) is 0 Å². The molecule has 0 aliphatic carbocycles. The van der Waals surface area contributed by atoms with Crippen molar-refractivity contribution in [1.82, 2.24) is 16.0 Å². The first kappa shape index (κ1) is 29.1. The van der Waals surface area contributed by atoms with Crippen molar-refractivity contribution < 1.29 is 44.1 Å². The van der Waals surface area contributed by atoms with E-state index in [1.54, 1.807) is 6.26 Å². The Morgan fingerprint density at radius 3 is 1.91 bits per heavy atom. The van der Waals surface area contributed by atoms with Crippen molar-refractivity contribution in [2.75, 3.05) is 12.0 Å². The zero-order chi connectivity index (χ0) is 25.0. The van der Waals surface area contributed by atoms with Gasteiger partial charge >= 0.3 is 11.9 Å². The molecule has 5 atom stereocenters. The number of nitrogens with one attached hydrogen (secondary N) is 3. The molecule has 15 heteroatoms. The maximum atomic E-state index is 12.6. The van der Waals surface area contributed by atoms with Crippen molar-refractivity contribution in [2.45, 2.75) is 56.5 Å². The zero-order valence-electron chi connectivity index (χ0n) is 17.6. The number of carboxylic acid groups (broad SMARTS) is 2. The normalized spacial score (nSPS) is 15.4. The van der Waals surface area contributed by atoms with E-state index in [-0.39, 0.29) is 6.42 Å². The van der Waals surface area contributed by atoms with E-state index in [1.807, 2.05) is 5.32 Å². The Kier molecular flexibility index (Phi) is 12.9. The molecule has 0 radical (unpaired) electrons. The number of hydrogen-bond acceptors (Lipinski definition) is 9. The summed E-state index contributed by atoms with van der Waals surface area (Å²) < 4.78 is 0. The standard InChI is InChI=1S/C17H29N5O9S/c1-7(23)13(22-14(27)8(18)5-11(19)24)16(29)20-9(3-4-32-2)15(28)21-10(17(30)31)6-12(25)26/h7-10,13,23H,3-6,18H2,1-2H3,(H2,19,24)(H,20,29)(H,21,28)(H,22,27)(H,25,26)(H,30,31). The summed E-state index contributed by atoms with van der Waals surface area (Å²) in [6, 6.07) is -5.94. The predicted octanol–water partition coefficient (Wildman–Crippen LogP) is -3.66. The summed E-state index contributed by atoms with van der Waals surface area (Å²) in [4.78, 5) is 70.1. The number of aliphatic carboxylic acids is 2. The number of hydrogen-bond donors (Lipinski definition) is 8. The first-order chi connectivity index (χ1) is 14.8. The molecule has 4 amide bonds. The number of carboxylic acids is 2. The monoisotopic (exact) mass is 479 g/mol. The molecule has 14 nitrogen and oxygen atoms in total. The van der Waals surface area contributed by atoms with Crippen molar-refractivity contribution in [3.8, 4) is 0 Å². The van der Waals surface area contributed by atoms with Crippen molar-refractivity contribution in [3.05, 3.63) is 0 Å². The number of nitrogens with two attached hydrogens (primary N) is 2. The third-order valence-corrected chi connectivity index (χ3v) is 4.70. The highest BCUT2D eigenvalue weighted by atomic mass is 32.2. The van der Waals surface area contributed by atoms with Crippen LogP contribution in [0, 0.1) is 0 Å². The molecule has 5 unspecified atom stereocenters. The van der Waals surface area contributed by atoms with E-state index in [1.165, 1.54) is 18.7 Å². The highest BCUT2D eigenvalue weighted by Gasteiger charge is 2.33. The average molecular weight is 480 g/mol. The number of amides is 4. The summed E-state index contributed by atoms with van der Waals surface area (Å²) in [5.74, 6) is -6.39. The molecule has 0 aliphatic heterocycles. The van der Waals surface area contributed by atoms with Gasteiger partial charge in [-0.25, -0.2) is 4.79 Å². The van der Waals surface area contributed by atoms with E-state index in [9.17, 15) is 33.9 Å². The number of rotatable bonds is 15. The highest BCUT2D eigenvalue weighted by Crippen LogP contribution is 2.05. The van der Waals surface area contributed by atoms with Crippen LogP contribution in [0.25, 0.3) is 0 Å². The van der Waals surface area contributed by atoms with Crippen LogP contribution in [0.15, 0.2) is 0 Å². The van der Waals surface area contributed by atoms with E-state index in [0.717, 1.165) is 0 Å². The van der Waals surface area contributed by atoms with Crippen LogP contribution >= 0.6 is 11.8 Å². The predicted molar refractivity (Wildman–Crippen MR) is 112 cm³/mol. The van der Waals surface area contributed by atoms with E-state index < -0.39 is 78.7 Å². The fraction of sp³-hybridized carbons (Fsp3) is 0.647. The molecule has 0 heterocycles. The van der Waals surface area contributed by atoms with E-state index >= 15 is 0 Å². The topological polar surface area (TPSA) is 251 Å². The highest BCUT2D eigenvalue weighted by molar-refractivity contribution is 7.98. The molecule has 32 heavy (non-hydrogen) atoms. The van der Waals surface area contributed by atoms with Gasteiger partial charge in [-0.3, -0.25) is 24.0 Å². The summed E-state index contributed by atoms with van der Waals surface area (Å²) in [5, 5.41) is 34.3. The lowest BCUT2D eigenvalue weighted by Gasteiger charge is -2.26. The lowest BCUT2D eigenvalue weighted by Crippen LogP contribution is -2.60. The fourth-order valence-electron chi connectivity index (χ4n) is 2.39. The van der Waals surface area contributed by atoms with Crippen LogP contribution in [0.5, 0.6) is 0 Å². The summed E-state index contributed by atoms with van der Waals surface area (Å²) in [5.41, 5.74) is 10.5. The Hall–Kier alpha value is -2.91. The molecule has 182 valence electrons. The van der Waals surface area contributed by atoms with Crippen molar-refractivity contribution >= 4 is 47.3 Å². The van der Waals surface area contributed by atoms with Gasteiger partial charge in [-0.2, -0.15) is 11.8 Å². The second-order valence-corrected chi connectivity index (χ2v) is 7.83. The van der Waals surface area contributed by atoms with Gasteiger partial charge in [0.1, 0.15) is 18.1 Å². The molecule has 0 fully saturated rings. The summed E-state index contributed by atoms with van der Waals surface area (Å²) in [6.07, 6.45) is -1.05.